The van der Waals surface area contributed by atoms with Crippen LogP contribution in [0.5, 0.6) is 0 Å². The maximum Gasteiger partial charge on any atom is 0.192 e. The molecule has 106 valence electrons. The molecule has 2 aromatic heterocycles. The molecule has 0 fully saturated rings. The number of aryl methyl sites for hydroxylation is 2. The van der Waals surface area contributed by atoms with Gasteiger partial charge in [0.15, 0.2) is 11.5 Å². The van der Waals surface area contributed by atoms with Crippen LogP contribution in [0.3, 0.4) is 0 Å². The Morgan fingerprint density at radius 2 is 2.24 bits per heavy atom. The highest BCUT2D eigenvalue weighted by molar-refractivity contribution is 5.77. The minimum Gasteiger partial charge on any atom is -0.441 e. The average molecular weight is 279 g/mol. The van der Waals surface area contributed by atoms with E-state index in [4.69, 9.17) is 4.42 Å². The molecule has 0 amide bonds. The zero-order valence-electron chi connectivity index (χ0n) is 12.0. The summed E-state index contributed by atoms with van der Waals surface area (Å²) >= 11 is 0. The first-order chi connectivity index (χ1) is 10.3. The minimum atomic E-state index is 0.278. The van der Waals surface area contributed by atoms with Crippen LogP contribution in [0, 0.1) is 6.92 Å². The number of anilines is 1. The second kappa shape index (κ2) is 4.88. The number of hydrogen-bond donors (Lipinski definition) is 1. The molecule has 1 aromatic carbocycles. The second-order valence-electron chi connectivity index (χ2n) is 5.55. The Hall–Kier alpha value is -2.36. The standard InChI is InChI=1S/C17H17N3O/c1-11-19-15-10-13(7-8-16(15)21-11)20-14-6-2-4-12-5-3-9-18-17(12)14/h3,5,7-10,14,20H,2,4,6H2,1H3. The van der Waals surface area contributed by atoms with Gasteiger partial charge in [0.2, 0.25) is 0 Å². The van der Waals surface area contributed by atoms with E-state index in [1.807, 2.05) is 37.4 Å². The van der Waals surface area contributed by atoms with Crippen molar-refractivity contribution in [3.63, 3.8) is 0 Å². The van der Waals surface area contributed by atoms with Crippen LogP contribution in [0.2, 0.25) is 0 Å². The molecule has 4 heteroatoms. The summed E-state index contributed by atoms with van der Waals surface area (Å²) in [7, 11) is 0. The van der Waals surface area contributed by atoms with E-state index < -0.39 is 0 Å². The van der Waals surface area contributed by atoms with Crippen molar-refractivity contribution in [1.82, 2.24) is 9.97 Å². The number of nitrogens with one attached hydrogen (secondary N) is 1. The largest absolute Gasteiger partial charge is 0.441 e. The third kappa shape index (κ3) is 2.27. The van der Waals surface area contributed by atoms with Gasteiger partial charge in [0.25, 0.3) is 0 Å². The summed E-state index contributed by atoms with van der Waals surface area (Å²) in [4.78, 5) is 8.96. The Balaban J connectivity index is 1.65. The van der Waals surface area contributed by atoms with Crippen LogP contribution >= 0.6 is 0 Å². The van der Waals surface area contributed by atoms with E-state index in [9.17, 15) is 0 Å². The van der Waals surface area contributed by atoms with Crippen LogP contribution in [-0.4, -0.2) is 9.97 Å². The van der Waals surface area contributed by atoms with E-state index in [0.29, 0.717) is 5.89 Å². The van der Waals surface area contributed by atoms with Gasteiger partial charge in [-0.15, -0.1) is 0 Å². The van der Waals surface area contributed by atoms with E-state index in [1.54, 1.807) is 0 Å². The number of oxazole rings is 1. The zero-order valence-corrected chi connectivity index (χ0v) is 12.0. The number of benzene rings is 1. The first kappa shape index (κ1) is 12.4. The van der Waals surface area contributed by atoms with Gasteiger partial charge in [0.05, 0.1) is 11.7 Å². The number of rotatable bonds is 2. The first-order valence-corrected chi connectivity index (χ1v) is 7.37. The fourth-order valence-electron chi connectivity index (χ4n) is 3.08. The SMILES string of the molecule is Cc1nc2cc(NC3CCCc4cccnc43)ccc2o1. The molecule has 21 heavy (non-hydrogen) atoms. The highest BCUT2D eigenvalue weighted by Gasteiger charge is 2.21. The van der Waals surface area contributed by atoms with Crippen molar-refractivity contribution in [1.29, 1.82) is 0 Å². The monoisotopic (exact) mass is 279 g/mol. The molecule has 4 nitrogen and oxygen atoms in total. The van der Waals surface area contributed by atoms with E-state index in [2.05, 4.69) is 21.4 Å². The molecule has 2 heterocycles. The van der Waals surface area contributed by atoms with Gasteiger partial charge in [-0.1, -0.05) is 6.07 Å². The smallest absolute Gasteiger partial charge is 0.192 e. The molecule has 1 aliphatic carbocycles. The number of hydrogen-bond acceptors (Lipinski definition) is 4. The third-order valence-corrected chi connectivity index (χ3v) is 4.03. The fourth-order valence-corrected chi connectivity index (χ4v) is 3.08. The lowest BCUT2D eigenvalue weighted by molar-refractivity contribution is 0.561. The number of nitrogens with zero attached hydrogens (tertiary/aromatic N) is 2. The predicted molar refractivity (Wildman–Crippen MR) is 82.3 cm³/mol. The van der Waals surface area contributed by atoms with Crippen molar-refractivity contribution >= 4 is 16.8 Å². The molecule has 1 N–H and O–H groups in total. The molecule has 3 aromatic rings. The molecule has 0 bridgehead atoms. The minimum absolute atomic E-state index is 0.278. The van der Waals surface area contributed by atoms with Crippen LogP contribution < -0.4 is 5.32 Å². The molecule has 1 aliphatic rings. The van der Waals surface area contributed by atoms with Gasteiger partial charge in [-0.2, -0.15) is 0 Å². The van der Waals surface area contributed by atoms with E-state index in [-0.39, 0.29) is 6.04 Å². The van der Waals surface area contributed by atoms with Gasteiger partial charge in [-0.3, -0.25) is 4.98 Å². The summed E-state index contributed by atoms with van der Waals surface area (Å²) in [6, 6.07) is 10.5. The topological polar surface area (TPSA) is 51.0 Å². The van der Waals surface area contributed by atoms with Gasteiger partial charge in [0.1, 0.15) is 5.52 Å². The molecule has 1 unspecified atom stereocenters. The molecule has 0 spiro atoms. The average Bonchev–Trinajstić information content (AvgIpc) is 2.87. The molecular weight excluding hydrogens is 262 g/mol. The number of fused-ring (bicyclic) bond motifs is 2. The lowest BCUT2D eigenvalue weighted by atomic mass is 9.92. The fraction of sp³-hybridized carbons (Fsp3) is 0.294. The summed E-state index contributed by atoms with van der Waals surface area (Å²) in [5, 5.41) is 3.59. The summed E-state index contributed by atoms with van der Waals surface area (Å²) in [5.74, 6) is 0.701. The zero-order chi connectivity index (χ0) is 14.2. The Kier molecular flexibility index (Phi) is 2.88. The van der Waals surface area contributed by atoms with E-state index >= 15 is 0 Å². The summed E-state index contributed by atoms with van der Waals surface area (Å²) in [6.07, 6.45) is 5.31. The predicted octanol–water partition coefficient (Wildman–Crippen LogP) is 4.02. The van der Waals surface area contributed by atoms with Crippen molar-refractivity contribution in [2.75, 3.05) is 5.32 Å². The summed E-state index contributed by atoms with van der Waals surface area (Å²) in [6.45, 7) is 1.87. The quantitative estimate of drug-likeness (QED) is 0.769. The second-order valence-corrected chi connectivity index (χ2v) is 5.55. The molecule has 0 radical (unpaired) electrons. The highest BCUT2D eigenvalue weighted by Crippen LogP contribution is 2.31. The maximum absolute atomic E-state index is 5.52. The Labute approximate surface area is 123 Å². The van der Waals surface area contributed by atoms with E-state index in [1.165, 1.54) is 17.7 Å². The maximum atomic E-state index is 5.52. The first-order valence-electron chi connectivity index (χ1n) is 7.37. The van der Waals surface area contributed by atoms with Crippen molar-refractivity contribution in [3.05, 3.63) is 53.7 Å². The van der Waals surface area contributed by atoms with Crippen LogP contribution in [0.4, 0.5) is 5.69 Å². The normalized spacial score (nSPS) is 17.7. The Morgan fingerprint density at radius 1 is 1.29 bits per heavy atom. The molecule has 0 saturated heterocycles. The molecule has 0 saturated carbocycles. The van der Waals surface area contributed by atoms with Crippen molar-refractivity contribution < 1.29 is 4.42 Å². The van der Waals surface area contributed by atoms with Gasteiger partial charge >= 0.3 is 0 Å². The van der Waals surface area contributed by atoms with Crippen molar-refractivity contribution in [3.8, 4) is 0 Å². The summed E-state index contributed by atoms with van der Waals surface area (Å²) < 4.78 is 5.52. The van der Waals surface area contributed by atoms with Gasteiger partial charge < -0.3 is 9.73 Å². The third-order valence-electron chi connectivity index (χ3n) is 4.03. The molecule has 0 aliphatic heterocycles. The van der Waals surface area contributed by atoms with Gasteiger partial charge in [0, 0.05) is 18.8 Å². The van der Waals surface area contributed by atoms with E-state index in [0.717, 1.165) is 29.6 Å². The van der Waals surface area contributed by atoms with Gasteiger partial charge in [-0.25, -0.2) is 4.98 Å². The number of pyridine rings is 1. The Bertz CT molecular complexity index is 794. The number of aromatic nitrogens is 2. The van der Waals surface area contributed by atoms with Crippen molar-refractivity contribution in [2.24, 2.45) is 0 Å². The Morgan fingerprint density at radius 3 is 3.19 bits per heavy atom. The molecule has 1 atom stereocenters. The lowest BCUT2D eigenvalue weighted by Gasteiger charge is -2.25. The lowest BCUT2D eigenvalue weighted by Crippen LogP contribution is -2.18. The summed E-state index contributed by atoms with van der Waals surface area (Å²) in [5.41, 5.74) is 5.34. The van der Waals surface area contributed by atoms with Gasteiger partial charge in [-0.05, 0) is 49.1 Å². The molecular formula is C17H17N3O. The van der Waals surface area contributed by atoms with Crippen LogP contribution in [0.25, 0.3) is 11.1 Å². The molecule has 4 rings (SSSR count). The van der Waals surface area contributed by atoms with Crippen molar-refractivity contribution in [2.45, 2.75) is 32.2 Å². The van der Waals surface area contributed by atoms with Crippen LogP contribution in [-0.2, 0) is 6.42 Å². The van der Waals surface area contributed by atoms with Crippen LogP contribution in [0.15, 0.2) is 40.9 Å². The highest BCUT2D eigenvalue weighted by atomic mass is 16.3. The van der Waals surface area contributed by atoms with Crippen LogP contribution in [0.1, 0.15) is 36.0 Å².